The van der Waals surface area contributed by atoms with E-state index < -0.39 is 0 Å². The molecule has 2 fully saturated rings. The summed E-state index contributed by atoms with van der Waals surface area (Å²) in [6.07, 6.45) is 1.57. The Balaban J connectivity index is 1.56. The fourth-order valence-electron chi connectivity index (χ4n) is 3.01. The number of thioether (sulfide) groups is 1. The second-order valence-electron chi connectivity index (χ2n) is 5.70. The maximum Gasteiger partial charge on any atom is 0.289 e. The van der Waals surface area contributed by atoms with E-state index in [4.69, 9.17) is 11.6 Å². The van der Waals surface area contributed by atoms with Gasteiger partial charge in [0.1, 0.15) is 0 Å². The van der Waals surface area contributed by atoms with Crippen molar-refractivity contribution in [3.63, 3.8) is 0 Å². The average molecular weight is 353 g/mol. The Kier molecular flexibility index (Phi) is 4.92. The van der Waals surface area contributed by atoms with Gasteiger partial charge >= 0.3 is 0 Å². The molecule has 0 saturated carbocycles. The molecule has 3 rings (SSSR count). The molecule has 2 heterocycles. The van der Waals surface area contributed by atoms with Crippen molar-refractivity contribution in [3.8, 4) is 0 Å². The van der Waals surface area contributed by atoms with Crippen molar-refractivity contribution in [2.24, 2.45) is 0 Å². The minimum atomic E-state index is -0.157. The predicted octanol–water partition coefficient (Wildman–Crippen LogP) is 2.57. The van der Waals surface area contributed by atoms with Gasteiger partial charge in [0.25, 0.3) is 5.24 Å². The highest BCUT2D eigenvalue weighted by atomic mass is 35.5. The number of halogens is 1. The van der Waals surface area contributed by atoms with E-state index in [1.54, 1.807) is 11.0 Å². The van der Waals surface area contributed by atoms with Crippen LogP contribution >= 0.6 is 23.4 Å². The van der Waals surface area contributed by atoms with Crippen LogP contribution in [0.3, 0.4) is 0 Å². The summed E-state index contributed by atoms with van der Waals surface area (Å²) >= 11 is 7.15. The van der Waals surface area contributed by atoms with E-state index in [-0.39, 0.29) is 35.3 Å². The molecule has 0 radical (unpaired) electrons. The van der Waals surface area contributed by atoms with Crippen LogP contribution in [0.5, 0.6) is 0 Å². The molecule has 5 nitrogen and oxygen atoms in total. The first-order chi connectivity index (χ1) is 11.1. The molecule has 23 heavy (non-hydrogen) atoms. The van der Waals surface area contributed by atoms with Crippen LogP contribution in [0, 0.1) is 0 Å². The molecule has 0 aliphatic carbocycles. The second-order valence-corrected chi connectivity index (χ2v) is 7.03. The van der Waals surface area contributed by atoms with Gasteiger partial charge in [-0.25, -0.2) is 0 Å². The summed E-state index contributed by atoms with van der Waals surface area (Å²) in [6, 6.07) is 7.26. The Morgan fingerprint density at radius 3 is 2.52 bits per heavy atom. The molecule has 2 aliphatic heterocycles. The van der Waals surface area contributed by atoms with E-state index in [0.29, 0.717) is 31.0 Å². The molecule has 2 aliphatic rings. The molecule has 122 valence electrons. The van der Waals surface area contributed by atoms with Gasteiger partial charge in [0, 0.05) is 24.2 Å². The second kappa shape index (κ2) is 6.93. The molecule has 0 atom stereocenters. The molecule has 1 aromatic rings. The van der Waals surface area contributed by atoms with Crippen LogP contribution in [0.15, 0.2) is 24.3 Å². The zero-order valence-corrected chi connectivity index (χ0v) is 14.1. The first-order valence-corrected chi connectivity index (χ1v) is 8.92. The fraction of sp³-hybridized carbons (Fsp3) is 0.438. The van der Waals surface area contributed by atoms with E-state index in [0.717, 1.165) is 17.3 Å². The number of carbonyl (C=O) groups is 3. The lowest BCUT2D eigenvalue weighted by Crippen LogP contribution is -2.48. The maximum absolute atomic E-state index is 12.4. The Morgan fingerprint density at radius 2 is 1.91 bits per heavy atom. The van der Waals surface area contributed by atoms with Crippen molar-refractivity contribution in [3.05, 3.63) is 34.9 Å². The number of carbonyl (C=O) groups excluding carboxylic acids is 3. The van der Waals surface area contributed by atoms with Gasteiger partial charge in [-0.2, -0.15) is 0 Å². The molecular weight excluding hydrogens is 336 g/mol. The molecule has 0 unspecified atom stereocenters. The van der Waals surface area contributed by atoms with Gasteiger partial charge < -0.3 is 4.90 Å². The minimum Gasteiger partial charge on any atom is -0.342 e. The number of hydrogen-bond acceptors (Lipinski definition) is 4. The Bertz CT molecular complexity index is 628. The van der Waals surface area contributed by atoms with Crippen molar-refractivity contribution in [1.82, 2.24) is 9.80 Å². The smallest absolute Gasteiger partial charge is 0.289 e. The van der Waals surface area contributed by atoms with Gasteiger partial charge in [-0.1, -0.05) is 41.6 Å². The van der Waals surface area contributed by atoms with Gasteiger partial charge in [-0.15, -0.1) is 0 Å². The van der Waals surface area contributed by atoms with Crippen LogP contribution in [-0.2, 0) is 16.0 Å². The molecule has 0 spiro atoms. The summed E-state index contributed by atoms with van der Waals surface area (Å²) in [4.78, 5) is 39.1. The zero-order valence-electron chi connectivity index (χ0n) is 12.5. The number of benzene rings is 1. The van der Waals surface area contributed by atoms with Crippen molar-refractivity contribution in [2.45, 2.75) is 25.3 Å². The van der Waals surface area contributed by atoms with Gasteiger partial charge in [-0.05, 0) is 24.5 Å². The van der Waals surface area contributed by atoms with E-state index in [1.165, 1.54) is 4.90 Å². The Morgan fingerprint density at radius 1 is 1.22 bits per heavy atom. The lowest BCUT2D eigenvalue weighted by molar-refractivity contribution is -0.132. The largest absolute Gasteiger partial charge is 0.342 e. The van der Waals surface area contributed by atoms with Crippen molar-refractivity contribution in [1.29, 1.82) is 0 Å². The number of hydrogen-bond donors (Lipinski definition) is 0. The van der Waals surface area contributed by atoms with Crippen molar-refractivity contribution >= 4 is 40.4 Å². The highest BCUT2D eigenvalue weighted by molar-refractivity contribution is 8.14. The summed E-state index contributed by atoms with van der Waals surface area (Å²) < 4.78 is 0. The number of nitrogens with zero attached hydrogens (tertiary/aromatic N) is 2. The average Bonchev–Trinajstić information content (AvgIpc) is 2.88. The first kappa shape index (κ1) is 16.3. The van der Waals surface area contributed by atoms with E-state index in [2.05, 4.69) is 0 Å². The number of amides is 3. The summed E-state index contributed by atoms with van der Waals surface area (Å²) in [5, 5.41) is 0.442. The predicted molar refractivity (Wildman–Crippen MR) is 89.5 cm³/mol. The fourth-order valence-corrected chi connectivity index (χ4v) is 3.99. The Labute approximate surface area is 143 Å². The monoisotopic (exact) mass is 352 g/mol. The van der Waals surface area contributed by atoms with E-state index in [9.17, 15) is 14.4 Å². The maximum atomic E-state index is 12.4. The standard InChI is InChI=1S/C16H17ClN2O3S/c17-13-4-2-1-3-11(13)9-14(20)18-7-5-12(6-8-18)19-15(21)10-23-16(19)22/h1-4,12H,5-10H2. The quantitative estimate of drug-likeness (QED) is 0.839. The highest BCUT2D eigenvalue weighted by Crippen LogP contribution is 2.27. The van der Waals surface area contributed by atoms with Crippen LogP contribution in [0.25, 0.3) is 0 Å². The summed E-state index contributed by atoms with van der Waals surface area (Å²) in [5.74, 6) is 0.163. The van der Waals surface area contributed by atoms with Crippen LogP contribution in [0.2, 0.25) is 5.02 Å². The Hall–Kier alpha value is -1.53. The summed E-state index contributed by atoms with van der Waals surface area (Å²) in [7, 11) is 0. The normalized spacial score (nSPS) is 19.5. The van der Waals surface area contributed by atoms with Crippen LogP contribution in [0.1, 0.15) is 18.4 Å². The third kappa shape index (κ3) is 3.53. The zero-order chi connectivity index (χ0) is 16.4. The molecule has 2 saturated heterocycles. The topological polar surface area (TPSA) is 57.7 Å². The van der Waals surface area contributed by atoms with Gasteiger partial charge in [-0.3, -0.25) is 19.3 Å². The lowest BCUT2D eigenvalue weighted by atomic mass is 10.0. The molecule has 0 N–H and O–H groups in total. The molecule has 0 bridgehead atoms. The third-order valence-electron chi connectivity index (χ3n) is 4.27. The molecule has 0 aromatic heterocycles. The van der Waals surface area contributed by atoms with Gasteiger partial charge in [0.15, 0.2) is 0 Å². The summed E-state index contributed by atoms with van der Waals surface area (Å²) in [5.41, 5.74) is 0.822. The number of imide groups is 1. The highest BCUT2D eigenvalue weighted by Gasteiger charge is 2.37. The van der Waals surface area contributed by atoms with Gasteiger partial charge in [0.2, 0.25) is 11.8 Å². The van der Waals surface area contributed by atoms with E-state index >= 15 is 0 Å². The molecule has 7 heteroatoms. The summed E-state index contributed by atoms with van der Waals surface area (Å²) in [6.45, 7) is 1.13. The number of likely N-dealkylation sites (tertiary alicyclic amines) is 1. The third-order valence-corrected chi connectivity index (χ3v) is 5.47. The lowest BCUT2D eigenvalue weighted by Gasteiger charge is -2.35. The van der Waals surface area contributed by atoms with Crippen LogP contribution in [-0.4, -0.2) is 51.7 Å². The molecular formula is C16H17ClN2O3S. The molecule has 1 aromatic carbocycles. The van der Waals surface area contributed by atoms with E-state index in [1.807, 2.05) is 18.2 Å². The van der Waals surface area contributed by atoms with Crippen LogP contribution < -0.4 is 0 Å². The SMILES string of the molecule is O=C(Cc1ccccc1Cl)N1CCC(N2C(=O)CSC2=O)CC1. The van der Waals surface area contributed by atoms with Gasteiger partial charge in [0.05, 0.1) is 12.2 Å². The first-order valence-electron chi connectivity index (χ1n) is 7.56. The van der Waals surface area contributed by atoms with Crippen molar-refractivity contribution in [2.75, 3.05) is 18.8 Å². The van der Waals surface area contributed by atoms with Crippen LogP contribution in [0.4, 0.5) is 4.79 Å². The molecule has 3 amide bonds. The number of piperidine rings is 1. The number of rotatable bonds is 3. The van der Waals surface area contributed by atoms with Crippen molar-refractivity contribution < 1.29 is 14.4 Å². The minimum absolute atomic E-state index is 0.0324.